The fourth-order valence-electron chi connectivity index (χ4n) is 4.57. The number of rotatable bonds is 9. The molecular formula is C28H24F4N10. The summed E-state index contributed by atoms with van der Waals surface area (Å²) in [4.78, 5) is 21.6. The maximum absolute atomic E-state index is 14.7. The van der Waals surface area contributed by atoms with Gasteiger partial charge in [-0.1, -0.05) is 12.1 Å². The van der Waals surface area contributed by atoms with E-state index < -0.39 is 17.5 Å². The second kappa shape index (κ2) is 9.89. The summed E-state index contributed by atoms with van der Waals surface area (Å²) in [5.74, 6) is -0.279. The molecule has 42 heavy (non-hydrogen) atoms. The van der Waals surface area contributed by atoms with E-state index >= 15 is 0 Å². The Kier molecular flexibility index (Phi) is 6.13. The van der Waals surface area contributed by atoms with E-state index in [0.29, 0.717) is 23.3 Å². The summed E-state index contributed by atoms with van der Waals surface area (Å²) in [6.07, 6.45) is 1.83. The van der Waals surface area contributed by atoms with Crippen LogP contribution in [0.25, 0.3) is 28.0 Å². The van der Waals surface area contributed by atoms with Crippen molar-refractivity contribution in [3.8, 4) is 16.9 Å². The van der Waals surface area contributed by atoms with Crippen molar-refractivity contribution in [2.24, 2.45) is 0 Å². The highest BCUT2D eigenvalue weighted by atomic mass is 19.4. The van der Waals surface area contributed by atoms with E-state index in [1.807, 2.05) is 24.3 Å². The molecule has 0 aliphatic heterocycles. The Morgan fingerprint density at radius 2 is 1.79 bits per heavy atom. The highest BCUT2D eigenvalue weighted by Gasteiger charge is 2.64. The van der Waals surface area contributed by atoms with Gasteiger partial charge in [0.15, 0.2) is 17.5 Å². The Bertz CT molecular complexity index is 1750. The highest BCUT2D eigenvalue weighted by molar-refractivity contribution is 5.88. The molecule has 2 aliphatic rings. The third kappa shape index (κ3) is 5.15. The van der Waals surface area contributed by atoms with Crippen molar-refractivity contribution in [3.05, 3.63) is 72.7 Å². The SMILES string of the molecule is Fc1cc(-c2ccc3nc(NCc4ccc(-n5cncn5)cc4)nc(NC4(C(F)(F)F)CC4)c3n2)cnc1NC1CC1. The first kappa shape index (κ1) is 26.0. The standard InChI is InChI=1S/C28H24F4N10/c29-20-11-17(13-34-24(20)37-18-3-4-18)21-7-8-22-23(38-21)25(41-27(9-10-27)28(30,31)32)40-26(39-22)35-12-16-1-5-19(6-2-16)42-15-33-14-36-42/h1-2,5-8,11,13-15,18H,3-4,9-10,12H2,(H,34,37)(H2,35,39,40,41). The highest BCUT2D eigenvalue weighted by Crippen LogP contribution is 2.51. The average Bonchev–Trinajstić information content (AvgIpc) is 3.90. The van der Waals surface area contributed by atoms with Crippen molar-refractivity contribution < 1.29 is 17.6 Å². The van der Waals surface area contributed by atoms with E-state index in [9.17, 15) is 17.6 Å². The predicted molar refractivity (Wildman–Crippen MR) is 147 cm³/mol. The lowest BCUT2D eigenvalue weighted by Gasteiger charge is -2.22. The summed E-state index contributed by atoms with van der Waals surface area (Å²) in [6, 6.07) is 12.3. The molecule has 10 nitrogen and oxygen atoms in total. The number of hydrogen-bond acceptors (Lipinski definition) is 9. The zero-order valence-corrected chi connectivity index (χ0v) is 22.0. The number of aromatic nitrogens is 7. The van der Waals surface area contributed by atoms with Crippen molar-refractivity contribution in [2.75, 3.05) is 16.0 Å². The molecule has 0 atom stereocenters. The molecule has 0 bridgehead atoms. The molecule has 0 spiro atoms. The van der Waals surface area contributed by atoms with Crippen LogP contribution in [0.1, 0.15) is 31.2 Å². The number of anilines is 3. The molecular weight excluding hydrogens is 552 g/mol. The van der Waals surface area contributed by atoms with Crippen molar-refractivity contribution in [1.29, 1.82) is 0 Å². The van der Waals surface area contributed by atoms with Crippen LogP contribution in [0.4, 0.5) is 35.1 Å². The van der Waals surface area contributed by atoms with Crippen molar-refractivity contribution in [2.45, 2.75) is 50.0 Å². The third-order valence-electron chi connectivity index (χ3n) is 7.32. The molecule has 14 heteroatoms. The molecule has 0 unspecified atom stereocenters. The first-order chi connectivity index (χ1) is 20.3. The number of halogens is 4. The number of hydrogen-bond donors (Lipinski definition) is 3. The number of benzene rings is 1. The topological polar surface area (TPSA) is 118 Å². The monoisotopic (exact) mass is 576 g/mol. The molecule has 2 fully saturated rings. The Hall–Kier alpha value is -4.88. The summed E-state index contributed by atoms with van der Waals surface area (Å²) in [5.41, 5.74) is 0.847. The van der Waals surface area contributed by atoms with Gasteiger partial charge in [0.05, 0.1) is 16.9 Å². The number of pyridine rings is 2. The minimum atomic E-state index is -4.47. The summed E-state index contributed by atoms with van der Waals surface area (Å²) < 4.78 is 58.0. The minimum Gasteiger partial charge on any atom is -0.365 e. The third-order valence-corrected chi connectivity index (χ3v) is 7.32. The van der Waals surface area contributed by atoms with Gasteiger partial charge in [-0.25, -0.2) is 29.0 Å². The molecule has 0 saturated heterocycles. The first-order valence-electron chi connectivity index (χ1n) is 13.4. The molecule has 214 valence electrons. The molecule has 7 rings (SSSR count). The lowest BCUT2D eigenvalue weighted by Crippen LogP contribution is -2.39. The molecule has 0 radical (unpaired) electrons. The Balaban J connectivity index is 1.19. The molecule has 2 saturated carbocycles. The number of fused-ring (bicyclic) bond motifs is 1. The summed E-state index contributed by atoms with van der Waals surface area (Å²) in [6.45, 7) is 0.324. The lowest BCUT2D eigenvalue weighted by atomic mass is 10.1. The van der Waals surface area contributed by atoms with E-state index in [1.54, 1.807) is 23.1 Å². The van der Waals surface area contributed by atoms with Crippen LogP contribution >= 0.6 is 0 Å². The van der Waals surface area contributed by atoms with Crippen molar-refractivity contribution in [3.63, 3.8) is 0 Å². The van der Waals surface area contributed by atoms with E-state index in [-0.39, 0.29) is 42.0 Å². The second-order valence-corrected chi connectivity index (χ2v) is 10.5. The number of nitrogens with zero attached hydrogens (tertiary/aromatic N) is 7. The zero-order chi connectivity index (χ0) is 28.9. The smallest absolute Gasteiger partial charge is 0.365 e. The molecule has 3 N–H and O–H groups in total. The van der Waals surface area contributed by atoms with Crippen LogP contribution in [0.3, 0.4) is 0 Å². The van der Waals surface area contributed by atoms with Gasteiger partial charge in [-0.2, -0.15) is 23.3 Å². The molecule has 0 amide bonds. The van der Waals surface area contributed by atoms with Gasteiger partial charge in [-0.3, -0.25) is 0 Å². The van der Waals surface area contributed by atoms with E-state index in [1.165, 1.54) is 18.6 Å². The van der Waals surface area contributed by atoms with Gasteiger partial charge in [0, 0.05) is 24.3 Å². The zero-order valence-electron chi connectivity index (χ0n) is 22.0. The van der Waals surface area contributed by atoms with Gasteiger partial charge >= 0.3 is 6.18 Å². The number of nitrogens with one attached hydrogen (secondary N) is 3. The van der Waals surface area contributed by atoms with Gasteiger partial charge < -0.3 is 16.0 Å². The van der Waals surface area contributed by atoms with Crippen LogP contribution in [0.15, 0.2) is 61.3 Å². The fourth-order valence-corrected chi connectivity index (χ4v) is 4.57. The molecule has 5 aromatic rings. The normalized spacial score (nSPS) is 15.9. The van der Waals surface area contributed by atoms with Crippen LogP contribution < -0.4 is 16.0 Å². The van der Waals surface area contributed by atoms with Gasteiger partial charge in [-0.15, -0.1) is 0 Å². The molecule has 1 aromatic carbocycles. The number of alkyl halides is 3. The van der Waals surface area contributed by atoms with Crippen LogP contribution in [0.2, 0.25) is 0 Å². The Morgan fingerprint density at radius 1 is 0.976 bits per heavy atom. The first-order valence-corrected chi connectivity index (χ1v) is 13.4. The van der Waals surface area contributed by atoms with Gasteiger partial charge in [0.2, 0.25) is 5.95 Å². The maximum Gasteiger partial charge on any atom is 0.411 e. The van der Waals surface area contributed by atoms with Crippen LogP contribution in [-0.2, 0) is 6.54 Å². The van der Waals surface area contributed by atoms with Crippen LogP contribution in [0.5, 0.6) is 0 Å². The molecule has 4 heterocycles. The summed E-state index contributed by atoms with van der Waals surface area (Å²) >= 11 is 0. The second-order valence-electron chi connectivity index (χ2n) is 10.5. The largest absolute Gasteiger partial charge is 0.411 e. The van der Waals surface area contributed by atoms with E-state index in [2.05, 4.69) is 46.0 Å². The predicted octanol–water partition coefficient (Wildman–Crippen LogP) is 5.50. The maximum atomic E-state index is 14.7. The van der Waals surface area contributed by atoms with Gasteiger partial charge in [0.1, 0.15) is 23.7 Å². The molecule has 2 aliphatic carbocycles. The Labute approximate surface area is 236 Å². The summed E-state index contributed by atoms with van der Waals surface area (Å²) in [7, 11) is 0. The van der Waals surface area contributed by atoms with Gasteiger partial charge in [-0.05, 0) is 61.6 Å². The van der Waals surface area contributed by atoms with Gasteiger partial charge in [0.25, 0.3) is 0 Å². The van der Waals surface area contributed by atoms with Crippen molar-refractivity contribution >= 4 is 28.6 Å². The lowest BCUT2D eigenvalue weighted by molar-refractivity contribution is -0.151. The minimum absolute atomic E-state index is 0.0545. The Morgan fingerprint density at radius 3 is 2.45 bits per heavy atom. The molecule has 4 aromatic heterocycles. The summed E-state index contributed by atoms with van der Waals surface area (Å²) in [5, 5.41) is 12.8. The quantitative estimate of drug-likeness (QED) is 0.196. The average molecular weight is 577 g/mol. The van der Waals surface area contributed by atoms with Crippen molar-refractivity contribution in [1.82, 2.24) is 34.7 Å². The van der Waals surface area contributed by atoms with Crippen LogP contribution in [-0.4, -0.2) is 52.5 Å². The fraction of sp³-hybridized carbons (Fsp3) is 0.286. The van der Waals surface area contributed by atoms with E-state index in [4.69, 9.17) is 0 Å². The van der Waals surface area contributed by atoms with Crippen LogP contribution in [0, 0.1) is 5.82 Å². The van der Waals surface area contributed by atoms with E-state index in [0.717, 1.165) is 24.1 Å².